The Kier molecular flexibility index (Phi) is 6.55. The lowest BCUT2D eigenvalue weighted by atomic mass is 10.0. The molecular weight excluding hydrogens is 500 g/mol. The highest BCUT2D eigenvalue weighted by Gasteiger charge is 2.39. The molecule has 0 spiro atoms. The number of aromatic amines is 1. The van der Waals surface area contributed by atoms with Crippen molar-refractivity contribution < 1.29 is 9.53 Å². The van der Waals surface area contributed by atoms with E-state index in [1.54, 1.807) is 18.5 Å². The van der Waals surface area contributed by atoms with Gasteiger partial charge < -0.3 is 19.9 Å². The zero-order chi connectivity index (χ0) is 26.3. The third-order valence-electron chi connectivity index (χ3n) is 7.28. The third-order valence-corrected chi connectivity index (χ3v) is 7.50. The van der Waals surface area contributed by atoms with E-state index in [2.05, 4.69) is 63.2 Å². The smallest absolute Gasteiger partial charge is 0.244 e. The number of carbonyl (C=O) groups is 1. The summed E-state index contributed by atoms with van der Waals surface area (Å²) in [7, 11) is 0. The highest BCUT2D eigenvalue weighted by molar-refractivity contribution is 6.33. The molecule has 2 aromatic carbocycles. The lowest BCUT2D eigenvalue weighted by Crippen LogP contribution is -2.59. The van der Waals surface area contributed by atoms with Crippen molar-refractivity contribution in [2.75, 3.05) is 38.1 Å². The number of hydrogen-bond acceptors (Lipinski definition) is 6. The van der Waals surface area contributed by atoms with Crippen LogP contribution in [0.25, 0.3) is 21.8 Å². The minimum absolute atomic E-state index is 0.131. The molecule has 0 aliphatic carbocycles. The van der Waals surface area contributed by atoms with E-state index in [0.29, 0.717) is 30.4 Å². The Hall–Kier alpha value is -3.46. The van der Waals surface area contributed by atoms with E-state index in [4.69, 9.17) is 21.3 Å². The van der Waals surface area contributed by atoms with Crippen molar-refractivity contribution in [2.24, 2.45) is 4.99 Å². The Morgan fingerprint density at radius 3 is 2.87 bits per heavy atom. The molecule has 2 N–H and O–H groups in total. The van der Waals surface area contributed by atoms with Crippen molar-refractivity contribution in [3.05, 3.63) is 71.5 Å². The molecule has 2 aliphatic heterocycles. The molecule has 0 radical (unpaired) electrons. The number of nitrogens with zero attached hydrogens (tertiary/aromatic N) is 4. The molecule has 1 atom stereocenters. The van der Waals surface area contributed by atoms with Crippen LogP contribution >= 0.6 is 11.6 Å². The van der Waals surface area contributed by atoms with Gasteiger partial charge >= 0.3 is 0 Å². The molecular formula is C29H31ClN6O2. The Morgan fingerprint density at radius 2 is 2.03 bits per heavy atom. The number of H-pyrrole nitrogens is 1. The largest absolute Gasteiger partial charge is 0.372 e. The van der Waals surface area contributed by atoms with E-state index < -0.39 is 6.04 Å². The standard InChI is InChI=1S/C29H31ClN6O2/c1-29(2)18-36(16-26-32-10-11-35(26)15-19-6-4-3-5-7-19)25(17-38-29)28(37)34-23-13-20(30)12-22-21-8-9-31-14-24(21)33-27(22)23/h3-9,12-14,25,33H,10-11,15-18H2,1-2H3,(H,34,37). The van der Waals surface area contributed by atoms with Gasteiger partial charge in [0.15, 0.2) is 0 Å². The average molecular weight is 531 g/mol. The van der Waals surface area contributed by atoms with Gasteiger partial charge in [-0.1, -0.05) is 41.9 Å². The number of rotatable bonds is 6. The predicted molar refractivity (Wildman–Crippen MR) is 152 cm³/mol. The van der Waals surface area contributed by atoms with E-state index in [0.717, 1.165) is 47.3 Å². The maximum Gasteiger partial charge on any atom is 0.244 e. The van der Waals surface area contributed by atoms with E-state index in [1.165, 1.54) is 5.56 Å². The molecule has 6 rings (SSSR count). The van der Waals surface area contributed by atoms with Gasteiger partial charge in [-0.25, -0.2) is 0 Å². The number of aliphatic imine (C=N–C) groups is 1. The number of pyridine rings is 1. The lowest BCUT2D eigenvalue weighted by molar-refractivity contribution is -0.141. The normalized spacial score (nSPS) is 19.7. The van der Waals surface area contributed by atoms with Crippen molar-refractivity contribution in [1.82, 2.24) is 19.8 Å². The summed E-state index contributed by atoms with van der Waals surface area (Å²) in [5.41, 5.74) is 3.24. The molecule has 0 saturated carbocycles. The van der Waals surface area contributed by atoms with E-state index in [-0.39, 0.29) is 11.5 Å². The van der Waals surface area contributed by atoms with Gasteiger partial charge in [0.25, 0.3) is 0 Å². The minimum Gasteiger partial charge on any atom is -0.372 e. The van der Waals surface area contributed by atoms with Gasteiger partial charge in [0.2, 0.25) is 5.91 Å². The van der Waals surface area contributed by atoms with Crippen LogP contribution in [0.1, 0.15) is 19.4 Å². The van der Waals surface area contributed by atoms with Crippen molar-refractivity contribution in [3.63, 3.8) is 0 Å². The Balaban J connectivity index is 1.24. The zero-order valence-corrected chi connectivity index (χ0v) is 22.3. The second kappa shape index (κ2) is 10.0. The molecule has 38 heavy (non-hydrogen) atoms. The van der Waals surface area contributed by atoms with Crippen molar-refractivity contribution in [1.29, 1.82) is 0 Å². The van der Waals surface area contributed by atoms with Crippen LogP contribution in [0.2, 0.25) is 5.02 Å². The number of halogens is 1. The summed E-state index contributed by atoms with van der Waals surface area (Å²) in [5, 5.41) is 5.65. The zero-order valence-electron chi connectivity index (χ0n) is 21.6. The van der Waals surface area contributed by atoms with Crippen molar-refractivity contribution in [3.8, 4) is 0 Å². The number of ether oxygens (including phenoxy) is 1. The summed E-state index contributed by atoms with van der Waals surface area (Å²) in [6, 6.07) is 15.6. The molecule has 4 aromatic rings. The van der Waals surface area contributed by atoms with Gasteiger partial charge in [0.05, 0.1) is 48.2 Å². The molecule has 4 heterocycles. The molecule has 2 aromatic heterocycles. The number of aromatic nitrogens is 2. The summed E-state index contributed by atoms with van der Waals surface area (Å²) in [5.74, 6) is 0.881. The number of hydrogen-bond donors (Lipinski definition) is 2. The van der Waals surface area contributed by atoms with E-state index in [1.807, 2.05) is 18.2 Å². The minimum atomic E-state index is -0.468. The first-order valence-corrected chi connectivity index (χ1v) is 13.3. The Bertz CT molecular complexity index is 1520. The third kappa shape index (κ3) is 4.99. The second-order valence-electron chi connectivity index (χ2n) is 10.6. The quantitative estimate of drug-likeness (QED) is 0.377. The molecule has 196 valence electrons. The molecule has 1 amide bonds. The second-order valence-corrected chi connectivity index (χ2v) is 11.0. The summed E-state index contributed by atoms with van der Waals surface area (Å²) in [6.07, 6.45) is 3.53. The number of fused-ring (bicyclic) bond motifs is 3. The van der Waals surface area contributed by atoms with E-state index >= 15 is 0 Å². The van der Waals surface area contributed by atoms with Crippen LogP contribution in [0, 0.1) is 0 Å². The molecule has 2 aliphatic rings. The summed E-state index contributed by atoms with van der Waals surface area (Å²) >= 11 is 6.48. The summed E-state index contributed by atoms with van der Waals surface area (Å²) in [4.78, 5) is 30.7. The van der Waals surface area contributed by atoms with Crippen LogP contribution < -0.4 is 5.32 Å². The number of nitrogens with one attached hydrogen (secondary N) is 2. The van der Waals surface area contributed by atoms with Gasteiger partial charge in [0.1, 0.15) is 11.9 Å². The van der Waals surface area contributed by atoms with Crippen LogP contribution in [0.5, 0.6) is 0 Å². The number of benzene rings is 2. The van der Waals surface area contributed by atoms with Gasteiger partial charge in [-0.05, 0) is 37.6 Å². The molecule has 0 bridgehead atoms. The molecule has 8 nitrogen and oxygen atoms in total. The SMILES string of the molecule is CC1(C)CN(CC2=NCCN2Cc2ccccc2)C(C(=O)Nc2cc(Cl)cc3c2[nH]c2cnccc23)CO1. The van der Waals surface area contributed by atoms with Gasteiger partial charge in [0, 0.05) is 41.6 Å². The number of amidine groups is 1. The van der Waals surface area contributed by atoms with Gasteiger partial charge in [-0.3, -0.25) is 19.7 Å². The highest BCUT2D eigenvalue weighted by atomic mass is 35.5. The van der Waals surface area contributed by atoms with E-state index in [9.17, 15) is 4.79 Å². The maximum atomic E-state index is 13.7. The first-order valence-electron chi connectivity index (χ1n) is 12.9. The highest BCUT2D eigenvalue weighted by Crippen LogP contribution is 2.33. The van der Waals surface area contributed by atoms with Crippen LogP contribution in [-0.4, -0.2) is 75.9 Å². The number of anilines is 1. The van der Waals surface area contributed by atoms with Gasteiger partial charge in [-0.2, -0.15) is 0 Å². The maximum absolute atomic E-state index is 13.7. The van der Waals surface area contributed by atoms with Crippen molar-refractivity contribution >= 4 is 50.8 Å². The predicted octanol–water partition coefficient (Wildman–Crippen LogP) is 4.70. The van der Waals surface area contributed by atoms with Crippen LogP contribution in [0.4, 0.5) is 5.69 Å². The summed E-state index contributed by atoms with van der Waals surface area (Å²) < 4.78 is 6.12. The van der Waals surface area contributed by atoms with Gasteiger partial charge in [-0.15, -0.1) is 0 Å². The fourth-order valence-electron chi connectivity index (χ4n) is 5.43. The molecule has 1 saturated heterocycles. The van der Waals surface area contributed by atoms with Crippen LogP contribution in [-0.2, 0) is 16.1 Å². The average Bonchev–Trinajstić information content (AvgIpc) is 3.48. The fraction of sp³-hybridized carbons (Fsp3) is 0.345. The fourth-order valence-corrected chi connectivity index (χ4v) is 5.65. The Morgan fingerprint density at radius 1 is 1.18 bits per heavy atom. The van der Waals surface area contributed by atoms with Crippen LogP contribution in [0.3, 0.4) is 0 Å². The number of carbonyl (C=O) groups excluding carboxylic acids is 1. The number of morpholine rings is 1. The molecule has 1 fully saturated rings. The number of amides is 1. The summed E-state index contributed by atoms with van der Waals surface area (Å²) in [6.45, 7) is 8.07. The van der Waals surface area contributed by atoms with Crippen molar-refractivity contribution in [2.45, 2.75) is 32.0 Å². The Labute approximate surface area is 226 Å². The monoisotopic (exact) mass is 530 g/mol. The first-order chi connectivity index (χ1) is 18.4. The molecule has 9 heteroatoms. The lowest BCUT2D eigenvalue weighted by Gasteiger charge is -2.43. The first kappa shape index (κ1) is 24.9. The molecule has 1 unspecified atom stereocenters. The topological polar surface area (TPSA) is 85.9 Å². The van der Waals surface area contributed by atoms with Crippen LogP contribution in [0.15, 0.2) is 65.9 Å².